The largest absolute Gasteiger partial charge is 0.345 e. The number of thiazole rings is 1. The van der Waals surface area contributed by atoms with E-state index in [-0.39, 0.29) is 18.3 Å². The van der Waals surface area contributed by atoms with Crippen molar-refractivity contribution in [2.75, 3.05) is 0 Å². The molecule has 0 saturated carbocycles. The molecule has 0 fully saturated rings. The smallest absolute Gasteiger partial charge is 0.269 e. The van der Waals surface area contributed by atoms with E-state index >= 15 is 0 Å². The van der Waals surface area contributed by atoms with E-state index in [4.69, 9.17) is 0 Å². The highest BCUT2D eigenvalue weighted by Crippen LogP contribution is 2.23. The van der Waals surface area contributed by atoms with Gasteiger partial charge in [-0.05, 0) is 17.7 Å². The minimum atomic E-state index is -0.276. The predicted octanol–water partition coefficient (Wildman–Crippen LogP) is 3.77. The molecule has 0 atom stereocenters. The zero-order valence-corrected chi connectivity index (χ0v) is 17.1. The molecule has 0 spiro atoms. The molecule has 9 heteroatoms. The van der Waals surface area contributed by atoms with Gasteiger partial charge in [0.05, 0.1) is 25.0 Å². The number of aromatic nitrogens is 5. The first-order valence-electron chi connectivity index (χ1n) is 9.59. The summed E-state index contributed by atoms with van der Waals surface area (Å²) >= 11 is 1.42. The van der Waals surface area contributed by atoms with Crippen molar-refractivity contribution in [2.45, 2.75) is 13.1 Å². The van der Waals surface area contributed by atoms with E-state index in [0.717, 1.165) is 21.8 Å². The van der Waals surface area contributed by atoms with Crippen LogP contribution in [-0.2, 0) is 13.1 Å². The molecular weight excluding hydrogens is 415 g/mol. The number of fused-ring (bicyclic) bond motifs is 1. The number of hydrogen-bond donors (Lipinski definition) is 1. The maximum absolute atomic E-state index is 13.0. The van der Waals surface area contributed by atoms with Crippen LogP contribution < -0.4 is 5.32 Å². The highest BCUT2D eigenvalue weighted by Gasteiger charge is 2.15. The molecule has 5 aromatic rings. The molecule has 1 N–H and O–H groups in total. The van der Waals surface area contributed by atoms with Crippen LogP contribution in [0.25, 0.3) is 16.2 Å². The van der Waals surface area contributed by atoms with Crippen LogP contribution in [0.2, 0.25) is 0 Å². The van der Waals surface area contributed by atoms with Gasteiger partial charge in [0.15, 0.2) is 4.96 Å². The van der Waals surface area contributed by atoms with E-state index < -0.39 is 0 Å². The highest BCUT2D eigenvalue weighted by atomic mass is 32.1. The fraction of sp³-hybridized carbons (Fsp3) is 0.0909. The number of carbonyl (C=O) groups excluding carboxylic acids is 1. The summed E-state index contributed by atoms with van der Waals surface area (Å²) < 4.78 is 16.5. The van der Waals surface area contributed by atoms with Gasteiger partial charge in [-0.15, -0.1) is 16.4 Å². The Morgan fingerprint density at radius 3 is 2.68 bits per heavy atom. The number of amides is 1. The average Bonchev–Trinajstić information content (AvgIpc) is 3.50. The SMILES string of the molecule is O=C(NCc1cn(Cc2ccc(F)cc2)nn1)c1csc2nc(-c3ccccc3)cn12. The molecule has 0 aliphatic rings. The zero-order valence-electron chi connectivity index (χ0n) is 16.3. The first-order chi connectivity index (χ1) is 15.2. The van der Waals surface area contributed by atoms with Gasteiger partial charge >= 0.3 is 0 Å². The van der Waals surface area contributed by atoms with E-state index in [0.29, 0.717) is 17.9 Å². The Hall–Kier alpha value is -3.85. The van der Waals surface area contributed by atoms with Crippen molar-refractivity contribution < 1.29 is 9.18 Å². The number of benzene rings is 2. The van der Waals surface area contributed by atoms with Gasteiger partial charge in [-0.3, -0.25) is 9.20 Å². The van der Waals surface area contributed by atoms with E-state index in [2.05, 4.69) is 20.6 Å². The van der Waals surface area contributed by atoms with E-state index in [9.17, 15) is 9.18 Å². The van der Waals surface area contributed by atoms with Crippen molar-refractivity contribution in [1.29, 1.82) is 0 Å². The van der Waals surface area contributed by atoms with Gasteiger partial charge < -0.3 is 5.32 Å². The number of halogens is 1. The first-order valence-corrected chi connectivity index (χ1v) is 10.5. The molecule has 3 aromatic heterocycles. The van der Waals surface area contributed by atoms with Crippen LogP contribution in [0, 0.1) is 5.82 Å². The normalized spacial score (nSPS) is 11.1. The average molecular weight is 432 g/mol. The summed E-state index contributed by atoms with van der Waals surface area (Å²) in [5.41, 5.74) is 3.90. The third-order valence-electron chi connectivity index (χ3n) is 4.79. The Balaban J connectivity index is 1.26. The maximum Gasteiger partial charge on any atom is 0.269 e. The molecule has 5 rings (SSSR count). The monoisotopic (exact) mass is 432 g/mol. The molecule has 0 saturated heterocycles. The van der Waals surface area contributed by atoms with Crippen LogP contribution in [0.5, 0.6) is 0 Å². The van der Waals surface area contributed by atoms with Gasteiger partial charge in [-0.25, -0.2) is 14.1 Å². The van der Waals surface area contributed by atoms with Gasteiger partial charge in [0.2, 0.25) is 0 Å². The lowest BCUT2D eigenvalue weighted by Crippen LogP contribution is -2.24. The topological polar surface area (TPSA) is 77.1 Å². The van der Waals surface area contributed by atoms with Crippen LogP contribution >= 0.6 is 11.3 Å². The summed E-state index contributed by atoms with van der Waals surface area (Å²) in [6.07, 6.45) is 3.63. The van der Waals surface area contributed by atoms with Crippen molar-refractivity contribution in [3.8, 4) is 11.3 Å². The number of nitrogens with one attached hydrogen (secondary N) is 1. The number of rotatable bonds is 6. The molecule has 2 aromatic carbocycles. The third-order valence-corrected chi connectivity index (χ3v) is 5.63. The van der Waals surface area contributed by atoms with Crippen LogP contribution in [0.4, 0.5) is 4.39 Å². The van der Waals surface area contributed by atoms with Gasteiger partial charge in [0.1, 0.15) is 17.2 Å². The Labute approximate surface area is 180 Å². The van der Waals surface area contributed by atoms with Gasteiger partial charge in [-0.2, -0.15) is 0 Å². The molecule has 0 radical (unpaired) electrons. The molecule has 3 heterocycles. The van der Waals surface area contributed by atoms with Crippen molar-refractivity contribution >= 4 is 22.2 Å². The van der Waals surface area contributed by atoms with Crippen LogP contribution in [-0.4, -0.2) is 30.3 Å². The molecule has 31 heavy (non-hydrogen) atoms. The standard InChI is InChI=1S/C22H17FN6OS/c23-17-8-6-15(7-9-17)11-28-12-18(26-27-28)10-24-21(30)20-14-31-22-25-19(13-29(20)22)16-4-2-1-3-5-16/h1-9,12-14H,10-11H2,(H,24,30). The fourth-order valence-electron chi connectivity index (χ4n) is 3.23. The number of nitrogens with zero attached hydrogens (tertiary/aromatic N) is 5. The maximum atomic E-state index is 13.0. The van der Waals surface area contributed by atoms with Gasteiger partial charge in [0, 0.05) is 17.1 Å². The summed E-state index contributed by atoms with van der Waals surface area (Å²) in [6.45, 7) is 0.726. The Morgan fingerprint density at radius 1 is 1.06 bits per heavy atom. The van der Waals surface area contributed by atoms with Crippen molar-refractivity contribution in [3.05, 3.63) is 95.1 Å². The van der Waals surface area contributed by atoms with Crippen molar-refractivity contribution in [2.24, 2.45) is 0 Å². The minimum Gasteiger partial charge on any atom is -0.345 e. The number of carbonyl (C=O) groups is 1. The Morgan fingerprint density at radius 2 is 1.87 bits per heavy atom. The summed E-state index contributed by atoms with van der Waals surface area (Å²) in [5, 5.41) is 12.8. The minimum absolute atomic E-state index is 0.212. The second kappa shape index (κ2) is 8.11. The van der Waals surface area contributed by atoms with Gasteiger partial charge in [0.25, 0.3) is 5.91 Å². The predicted molar refractivity (Wildman–Crippen MR) is 115 cm³/mol. The molecule has 0 aliphatic heterocycles. The Kier molecular flexibility index (Phi) is 5.01. The zero-order chi connectivity index (χ0) is 21.2. The van der Waals surface area contributed by atoms with Crippen LogP contribution in [0.1, 0.15) is 21.7 Å². The molecule has 0 bridgehead atoms. The van der Waals surface area contributed by atoms with Crippen molar-refractivity contribution in [3.63, 3.8) is 0 Å². The lowest BCUT2D eigenvalue weighted by Gasteiger charge is -2.02. The fourth-order valence-corrected chi connectivity index (χ4v) is 4.08. The summed E-state index contributed by atoms with van der Waals surface area (Å²) in [7, 11) is 0. The third kappa shape index (κ3) is 4.08. The van der Waals surface area contributed by atoms with E-state index in [1.165, 1.54) is 23.5 Å². The van der Waals surface area contributed by atoms with Crippen LogP contribution in [0.3, 0.4) is 0 Å². The first kappa shape index (κ1) is 19.1. The Bertz CT molecular complexity index is 1340. The molecule has 154 valence electrons. The summed E-state index contributed by atoms with van der Waals surface area (Å²) in [5.74, 6) is -0.488. The summed E-state index contributed by atoms with van der Waals surface area (Å²) in [4.78, 5) is 18.1. The van der Waals surface area contributed by atoms with Gasteiger partial charge in [-0.1, -0.05) is 47.7 Å². The molecule has 0 unspecified atom stereocenters. The molecule has 7 nitrogen and oxygen atoms in total. The second-order valence-electron chi connectivity index (χ2n) is 6.98. The molecule has 0 aliphatic carbocycles. The van der Waals surface area contributed by atoms with Crippen LogP contribution in [0.15, 0.2) is 72.4 Å². The summed E-state index contributed by atoms with van der Waals surface area (Å²) in [6, 6.07) is 16.1. The molecular formula is C22H17FN6OS. The lowest BCUT2D eigenvalue weighted by atomic mass is 10.2. The lowest BCUT2D eigenvalue weighted by molar-refractivity contribution is 0.0945. The number of hydrogen-bond acceptors (Lipinski definition) is 5. The quantitative estimate of drug-likeness (QED) is 0.443. The van der Waals surface area contributed by atoms with Crippen molar-refractivity contribution in [1.82, 2.24) is 29.7 Å². The van der Waals surface area contributed by atoms with E-state index in [1.54, 1.807) is 32.8 Å². The highest BCUT2D eigenvalue weighted by molar-refractivity contribution is 7.15. The second-order valence-corrected chi connectivity index (χ2v) is 7.82. The molecule has 1 amide bonds. The number of imidazole rings is 1. The van der Waals surface area contributed by atoms with E-state index in [1.807, 2.05) is 36.5 Å².